The largest absolute Gasteiger partial charge is 0.382 e. The topological polar surface area (TPSA) is 48.9 Å². The van der Waals surface area contributed by atoms with Crippen molar-refractivity contribution in [2.75, 3.05) is 45.9 Å². The Hall–Kier alpha value is -0.810. The molecule has 0 aromatic carbocycles. The van der Waals surface area contributed by atoms with Crippen molar-refractivity contribution >= 4 is 5.96 Å². The molecule has 0 unspecified atom stereocenters. The summed E-state index contributed by atoms with van der Waals surface area (Å²) in [4.78, 5) is 7.30. The Morgan fingerprint density at radius 3 is 2.64 bits per heavy atom. The van der Waals surface area contributed by atoms with Crippen LogP contribution in [0.15, 0.2) is 4.99 Å². The number of hydrogen-bond donors (Lipinski definition) is 2. The highest BCUT2D eigenvalue weighted by Gasteiger charge is 2.33. The highest BCUT2D eigenvalue weighted by atomic mass is 16.5. The van der Waals surface area contributed by atoms with Gasteiger partial charge >= 0.3 is 0 Å². The van der Waals surface area contributed by atoms with E-state index < -0.39 is 0 Å². The summed E-state index contributed by atoms with van der Waals surface area (Å²) in [6, 6.07) is 0.869. The third kappa shape index (κ3) is 7.45. The number of aliphatic imine (C=N–C) groups is 1. The lowest BCUT2D eigenvalue weighted by atomic mass is 10.3. The summed E-state index contributed by atoms with van der Waals surface area (Å²) in [7, 11) is 0. The van der Waals surface area contributed by atoms with Crippen LogP contribution in [0.1, 0.15) is 46.0 Å². The quantitative estimate of drug-likeness (QED) is 0.328. The maximum atomic E-state index is 5.35. The zero-order valence-corrected chi connectivity index (χ0v) is 14.4. The van der Waals surface area contributed by atoms with Crippen molar-refractivity contribution in [1.82, 2.24) is 15.5 Å². The van der Waals surface area contributed by atoms with Crippen LogP contribution in [0.5, 0.6) is 0 Å². The first-order valence-electron chi connectivity index (χ1n) is 9.17. The molecule has 2 fully saturated rings. The smallest absolute Gasteiger partial charge is 0.191 e. The molecule has 2 N–H and O–H groups in total. The highest BCUT2D eigenvalue weighted by molar-refractivity contribution is 5.79. The van der Waals surface area contributed by atoms with E-state index in [0.29, 0.717) is 0 Å². The zero-order chi connectivity index (χ0) is 15.6. The lowest BCUT2D eigenvalue weighted by Gasteiger charge is -2.22. The summed E-state index contributed by atoms with van der Waals surface area (Å²) in [5.74, 6) is 1.93. The van der Waals surface area contributed by atoms with Crippen molar-refractivity contribution in [2.24, 2.45) is 10.9 Å². The predicted octanol–water partition coefficient (Wildman–Crippen LogP) is 1.84. The molecule has 0 aromatic rings. The molecular weight excluding hydrogens is 276 g/mol. The molecular formula is C17H34N4O. The van der Waals surface area contributed by atoms with Crippen LogP contribution in [-0.4, -0.2) is 62.8 Å². The molecule has 0 saturated heterocycles. The van der Waals surface area contributed by atoms with Gasteiger partial charge in [0.2, 0.25) is 0 Å². The summed E-state index contributed by atoms with van der Waals surface area (Å²) in [6.45, 7) is 10.9. The minimum atomic E-state index is 0.792. The van der Waals surface area contributed by atoms with Gasteiger partial charge in [-0.2, -0.15) is 0 Å². The average molecular weight is 310 g/mol. The van der Waals surface area contributed by atoms with Gasteiger partial charge in [-0.3, -0.25) is 9.89 Å². The fourth-order valence-corrected chi connectivity index (χ4v) is 2.66. The van der Waals surface area contributed by atoms with Crippen molar-refractivity contribution < 1.29 is 4.74 Å². The summed E-state index contributed by atoms with van der Waals surface area (Å²) in [5, 5.41) is 6.80. The Balaban J connectivity index is 1.62. The van der Waals surface area contributed by atoms with Crippen LogP contribution in [-0.2, 0) is 4.74 Å². The Labute approximate surface area is 135 Å². The summed E-state index contributed by atoms with van der Waals surface area (Å²) < 4.78 is 5.35. The molecule has 0 bridgehead atoms. The van der Waals surface area contributed by atoms with E-state index in [4.69, 9.17) is 4.74 Å². The van der Waals surface area contributed by atoms with Crippen LogP contribution in [0.25, 0.3) is 0 Å². The van der Waals surface area contributed by atoms with Gasteiger partial charge < -0.3 is 15.4 Å². The molecule has 0 aromatic heterocycles. The van der Waals surface area contributed by atoms with Crippen molar-refractivity contribution in [3.05, 3.63) is 0 Å². The van der Waals surface area contributed by atoms with E-state index in [2.05, 4.69) is 27.4 Å². The minimum absolute atomic E-state index is 0.792. The van der Waals surface area contributed by atoms with Crippen molar-refractivity contribution in [1.29, 1.82) is 0 Å². The molecule has 0 spiro atoms. The van der Waals surface area contributed by atoms with E-state index in [1.165, 1.54) is 32.2 Å². The highest BCUT2D eigenvalue weighted by Crippen LogP contribution is 2.34. The molecule has 0 atom stereocenters. The van der Waals surface area contributed by atoms with Gasteiger partial charge in [-0.15, -0.1) is 0 Å². The van der Waals surface area contributed by atoms with E-state index in [9.17, 15) is 0 Å². The normalized spacial score (nSPS) is 18.8. The van der Waals surface area contributed by atoms with Gasteiger partial charge in [0, 0.05) is 52.0 Å². The molecule has 0 radical (unpaired) electrons. The van der Waals surface area contributed by atoms with Gasteiger partial charge in [0.25, 0.3) is 0 Å². The lowest BCUT2D eigenvalue weighted by molar-refractivity contribution is 0.146. The first-order valence-corrected chi connectivity index (χ1v) is 9.17. The van der Waals surface area contributed by atoms with Gasteiger partial charge in [0.1, 0.15) is 0 Å². The van der Waals surface area contributed by atoms with Gasteiger partial charge in [-0.25, -0.2) is 0 Å². The van der Waals surface area contributed by atoms with Gasteiger partial charge in [0.05, 0.1) is 0 Å². The van der Waals surface area contributed by atoms with Crippen LogP contribution in [0.4, 0.5) is 0 Å². The third-order valence-corrected chi connectivity index (χ3v) is 4.21. The van der Waals surface area contributed by atoms with Gasteiger partial charge in [0.15, 0.2) is 5.96 Å². The molecule has 5 heteroatoms. The molecule has 2 saturated carbocycles. The van der Waals surface area contributed by atoms with Crippen molar-refractivity contribution in [3.63, 3.8) is 0 Å². The SMILES string of the molecule is CCNC(=NCCCOCC)NCCN(CC1CC1)C1CC1. The van der Waals surface area contributed by atoms with E-state index in [0.717, 1.165) is 63.7 Å². The van der Waals surface area contributed by atoms with E-state index >= 15 is 0 Å². The number of hydrogen-bond acceptors (Lipinski definition) is 3. The van der Waals surface area contributed by atoms with Crippen molar-refractivity contribution in [3.8, 4) is 0 Å². The Kier molecular flexibility index (Phi) is 8.02. The van der Waals surface area contributed by atoms with Crippen molar-refractivity contribution in [2.45, 2.75) is 52.0 Å². The first kappa shape index (κ1) is 17.5. The van der Waals surface area contributed by atoms with E-state index in [-0.39, 0.29) is 0 Å². The summed E-state index contributed by atoms with van der Waals surface area (Å²) in [6.07, 6.45) is 6.68. The number of nitrogens with zero attached hydrogens (tertiary/aromatic N) is 2. The second kappa shape index (κ2) is 10.1. The lowest BCUT2D eigenvalue weighted by Crippen LogP contribution is -2.42. The average Bonchev–Trinajstić information content (AvgIpc) is 3.38. The second-order valence-electron chi connectivity index (χ2n) is 6.41. The van der Waals surface area contributed by atoms with Crippen LogP contribution in [0.3, 0.4) is 0 Å². The Morgan fingerprint density at radius 1 is 1.18 bits per heavy atom. The maximum Gasteiger partial charge on any atom is 0.191 e. The number of nitrogens with one attached hydrogen (secondary N) is 2. The fourth-order valence-electron chi connectivity index (χ4n) is 2.66. The molecule has 128 valence electrons. The number of rotatable bonds is 12. The van der Waals surface area contributed by atoms with E-state index in [1.807, 2.05) is 6.92 Å². The van der Waals surface area contributed by atoms with E-state index in [1.54, 1.807) is 0 Å². The summed E-state index contributed by atoms with van der Waals surface area (Å²) in [5.41, 5.74) is 0. The molecule has 0 heterocycles. The number of guanidine groups is 1. The molecule has 0 aliphatic heterocycles. The monoisotopic (exact) mass is 310 g/mol. The standard InChI is InChI=1S/C17H34N4O/c1-3-18-17(19-10-5-13-22-4-2)20-11-12-21(16-8-9-16)14-15-6-7-15/h15-16H,3-14H2,1-2H3,(H2,18,19,20). The molecule has 2 rings (SSSR count). The van der Waals surface area contributed by atoms with Crippen LogP contribution < -0.4 is 10.6 Å². The Bertz CT molecular complexity index is 327. The molecule has 22 heavy (non-hydrogen) atoms. The minimum Gasteiger partial charge on any atom is -0.382 e. The predicted molar refractivity (Wildman–Crippen MR) is 92.4 cm³/mol. The molecule has 0 amide bonds. The molecule has 2 aliphatic rings. The summed E-state index contributed by atoms with van der Waals surface area (Å²) >= 11 is 0. The maximum absolute atomic E-state index is 5.35. The second-order valence-corrected chi connectivity index (χ2v) is 6.41. The number of ether oxygens (including phenoxy) is 1. The Morgan fingerprint density at radius 2 is 2.00 bits per heavy atom. The van der Waals surface area contributed by atoms with Gasteiger partial charge in [-0.05, 0) is 51.9 Å². The van der Waals surface area contributed by atoms with Crippen LogP contribution in [0, 0.1) is 5.92 Å². The van der Waals surface area contributed by atoms with Crippen LogP contribution in [0.2, 0.25) is 0 Å². The first-order chi connectivity index (χ1) is 10.8. The zero-order valence-electron chi connectivity index (χ0n) is 14.4. The molecule has 2 aliphatic carbocycles. The van der Waals surface area contributed by atoms with Crippen LogP contribution >= 0.6 is 0 Å². The van der Waals surface area contributed by atoms with Gasteiger partial charge in [-0.1, -0.05) is 0 Å². The fraction of sp³-hybridized carbons (Fsp3) is 0.941. The molecule has 5 nitrogen and oxygen atoms in total. The third-order valence-electron chi connectivity index (χ3n) is 4.21.